The summed E-state index contributed by atoms with van der Waals surface area (Å²) in [7, 11) is 0. The Labute approximate surface area is 69.1 Å². The van der Waals surface area contributed by atoms with Gasteiger partial charge in [0.25, 0.3) is 0 Å². The summed E-state index contributed by atoms with van der Waals surface area (Å²) in [5.74, 6) is 0.363. The molecule has 6 heteroatoms. The SMILES string of the molecule is C=CCC(=O)NCc1nn[nH]n1. The van der Waals surface area contributed by atoms with Crippen molar-refractivity contribution in [3.63, 3.8) is 0 Å². The van der Waals surface area contributed by atoms with Crippen LogP contribution >= 0.6 is 0 Å². The van der Waals surface area contributed by atoms with Crippen LogP contribution in [0.2, 0.25) is 0 Å². The summed E-state index contributed by atoms with van der Waals surface area (Å²) in [5.41, 5.74) is 0. The number of nitrogens with zero attached hydrogens (tertiary/aromatic N) is 3. The van der Waals surface area contributed by atoms with E-state index in [-0.39, 0.29) is 5.91 Å². The fourth-order valence-electron chi connectivity index (χ4n) is 0.638. The number of carbonyl (C=O) groups is 1. The molecule has 0 fully saturated rings. The summed E-state index contributed by atoms with van der Waals surface area (Å²) >= 11 is 0. The number of aromatic nitrogens is 4. The molecule has 0 radical (unpaired) electrons. The number of amides is 1. The van der Waals surface area contributed by atoms with E-state index in [1.54, 1.807) is 0 Å². The van der Waals surface area contributed by atoms with Gasteiger partial charge < -0.3 is 5.32 Å². The minimum Gasteiger partial charge on any atom is -0.348 e. The molecule has 2 N–H and O–H groups in total. The van der Waals surface area contributed by atoms with Gasteiger partial charge in [0.1, 0.15) is 0 Å². The highest BCUT2D eigenvalue weighted by Crippen LogP contribution is 1.84. The standard InChI is InChI=1S/C6H9N5O/c1-2-3-6(12)7-4-5-8-10-11-9-5/h2H,1,3-4H2,(H,7,12)(H,8,9,10,11). The van der Waals surface area contributed by atoms with Gasteiger partial charge in [0, 0.05) is 6.42 Å². The normalized spacial score (nSPS) is 9.33. The van der Waals surface area contributed by atoms with Gasteiger partial charge in [-0.15, -0.1) is 16.8 Å². The van der Waals surface area contributed by atoms with Crippen molar-refractivity contribution in [1.82, 2.24) is 25.9 Å². The Kier molecular flexibility index (Phi) is 2.95. The first-order valence-electron chi connectivity index (χ1n) is 3.43. The summed E-state index contributed by atoms with van der Waals surface area (Å²) in [6.07, 6.45) is 1.84. The monoisotopic (exact) mass is 167 g/mol. The van der Waals surface area contributed by atoms with Crippen molar-refractivity contribution in [2.45, 2.75) is 13.0 Å². The molecule has 6 nitrogen and oxygen atoms in total. The maximum atomic E-state index is 10.9. The molecule has 0 aliphatic carbocycles. The van der Waals surface area contributed by atoms with E-state index in [0.29, 0.717) is 18.8 Å². The van der Waals surface area contributed by atoms with Crippen molar-refractivity contribution < 1.29 is 4.79 Å². The molecule has 0 aliphatic heterocycles. The molecule has 0 saturated heterocycles. The molecule has 0 spiro atoms. The Bertz CT molecular complexity index is 255. The van der Waals surface area contributed by atoms with E-state index < -0.39 is 0 Å². The molecule has 0 aliphatic rings. The van der Waals surface area contributed by atoms with E-state index in [2.05, 4.69) is 32.5 Å². The number of tetrazole rings is 1. The van der Waals surface area contributed by atoms with Gasteiger partial charge in [0.05, 0.1) is 6.54 Å². The van der Waals surface area contributed by atoms with Crippen molar-refractivity contribution in [3.8, 4) is 0 Å². The predicted octanol–water partition coefficient (Wildman–Crippen LogP) is -0.608. The van der Waals surface area contributed by atoms with Crippen LogP contribution in [0.25, 0.3) is 0 Å². The first kappa shape index (κ1) is 8.38. The van der Waals surface area contributed by atoms with Crippen LogP contribution in [0.15, 0.2) is 12.7 Å². The first-order chi connectivity index (χ1) is 5.83. The Hall–Kier alpha value is -1.72. The second-order valence-corrected chi connectivity index (χ2v) is 2.10. The highest BCUT2D eigenvalue weighted by molar-refractivity contribution is 5.77. The highest BCUT2D eigenvalue weighted by Gasteiger charge is 2.00. The molecule has 1 aromatic heterocycles. The van der Waals surface area contributed by atoms with Crippen LogP contribution in [-0.4, -0.2) is 26.5 Å². The van der Waals surface area contributed by atoms with Gasteiger partial charge >= 0.3 is 0 Å². The van der Waals surface area contributed by atoms with Crippen LogP contribution in [0.5, 0.6) is 0 Å². The number of nitrogens with one attached hydrogen (secondary N) is 2. The number of hydrogen-bond donors (Lipinski definition) is 2. The van der Waals surface area contributed by atoms with Crippen LogP contribution in [0.3, 0.4) is 0 Å². The molecule has 0 bridgehead atoms. The van der Waals surface area contributed by atoms with Crippen molar-refractivity contribution >= 4 is 5.91 Å². The van der Waals surface area contributed by atoms with Gasteiger partial charge in [-0.3, -0.25) is 4.79 Å². The van der Waals surface area contributed by atoms with Gasteiger partial charge in [-0.25, -0.2) is 0 Å². The Morgan fingerprint density at radius 1 is 1.75 bits per heavy atom. The molecular formula is C6H9N5O. The zero-order valence-electron chi connectivity index (χ0n) is 6.45. The van der Waals surface area contributed by atoms with Crippen molar-refractivity contribution in [1.29, 1.82) is 0 Å². The number of rotatable bonds is 4. The van der Waals surface area contributed by atoms with Crippen LogP contribution in [0.1, 0.15) is 12.2 Å². The molecule has 1 aromatic rings. The number of aromatic amines is 1. The minimum atomic E-state index is -0.102. The van der Waals surface area contributed by atoms with E-state index in [1.165, 1.54) is 6.08 Å². The van der Waals surface area contributed by atoms with Gasteiger partial charge in [0.2, 0.25) is 5.91 Å². The maximum absolute atomic E-state index is 10.9. The smallest absolute Gasteiger partial charge is 0.224 e. The van der Waals surface area contributed by atoms with E-state index in [0.717, 1.165) is 0 Å². The van der Waals surface area contributed by atoms with E-state index in [4.69, 9.17) is 0 Å². The zero-order chi connectivity index (χ0) is 8.81. The largest absolute Gasteiger partial charge is 0.348 e. The lowest BCUT2D eigenvalue weighted by Crippen LogP contribution is -2.22. The Balaban J connectivity index is 2.26. The van der Waals surface area contributed by atoms with Gasteiger partial charge in [0.15, 0.2) is 5.82 Å². The summed E-state index contributed by atoms with van der Waals surface area (Å²) in [6, 6.07) is 0. The third-order valence-electron chi connectivity index (χ3n) is 1.16. The lowest BCUT2D eigenvalue weighted by molar-refractivity contribution is -0.120. The summed E-state index contributed by atoms with van der Waals surface area (Å²) in [6.45, 7) is 3.73. The van der Waals surface area contributed by atoms with Crippen molar-refractivity contribution in [3.05, 3.63) is 18.5 Å². The van der Waals surface area contributed by atoms with Crippen LogP contribution in [-0.2, 0) is 11.3 Å². The highest BCUT2D eigenvalue weighted by atomic mass is 16.1. The van der Waals surface area contributed by atoms with Gasteiger partial charge in [-0.1, -0.05) is 11.3 Å². The molecule has 0 atom stereocenters. The van der Waals surface area contributed by atoms with Crippen LogP contribution in [0.4, 0.5) is 0 Å². The van der Waals surface area contributed by atoms with Gasteiger partial charge in [-0.2, -0.15) is 5.21 Å². The zero-order valence-corrected chi connectivity index (χ0v) is 6.45. The molecule has 0 saturated carbocycles. The second kappa shape index (κ2) is 4.22. The third-order valence-corrected chi connectivity index (χ3v) is 1.16. The molecule has 12 heavy (non-hydrogen) atoms. The molecule has 1 amide bonds. The van der Waals surface area contributed by atoms with Crippen molar-refractivity contribution in [2.75, 3.05) is 0 Å². The lowest BCUT2D eigenvalue weighted by atomic mass is 10.4. The van der Waals surface area contributed by atoms with Crippen molar-refractivity contribution in [2.24, 2.45) is 0 Å². The molecule has 1 rings (SSSR count). The average molecular weight is 167 g/mol. The first-order valence-corrected chi connectivity index (χ1v) is 3.43. The predicted molar refractivity (Wildman–Crippen MR) is 40.8 cm³/mol. The second-order valence-electron chi connectivity index (χ2n) is 2.10. The minimum absolute atomic E-state index is 0.102. The maximum Gasteiger partial charge on any atom is 0.224 e. The Morgan fingerprint density at radius 3 is 3.17 bits per heavy atom. The van der Waals surface area contributed by atoms with E-state index in [9.17, 15) is 4.79 Å². The third kappa shape index (κ3) is 2.49. The van der Waals surface area contributed by atoms with Crippen LogP contribution < -0.4 is 5.32 Å². The molecule has 1 heterocycles. The summed E-state index contributed by atoms with van der Waals surface area (Å²) in [4.78, 5) is 10.9. The number of carbonyl (C=O) groups excluding carboxylic acids is 1. The fourth-order valence-corrected chi connectivity index (χ4v) is 0.638. The lowest BCUT2D eigenvalue weighted by Gasteiger charge is -1.97. The number of H-pyrrole nitrogens is 1. The van der Waals surface area contributed by atoms with Crippen LogP contribution in [0, 0.1) is 0 Å². The summed E-state index contributed by atoms with van der Waals surface area (Å²) in [5, 5.41) is 15.5. The van der Waals surface area contributed by atoms with E-state index >= 15 is 0 Å². The van der Waals surface area contributed by atoms with Gasteiger partial charge in [-0.05, 0) is 0 Å². The summed E-state index contributed by atoms with van der Waals surface area (Å²) < 4.78 is 0. The fraction of sp³-hybridized carbons (Fsp3) is 0.333. The molecular weight excluding hydrogens is 158 g/mol. The van der Waals surface area contributed by atoms with E-state index in [1.807, 2.05) is 0 Å². The molecule has 0 aromatic carbocycles. The Morgan fingerprint density at radius 2 is 2.58 bits per heavy atom. The molecule has 0 unspecified atom stereocenters. The topological polar surface area (TPSA) is 83.6 Å². The quantitative estimate of drug-likeness (QED) is 0.586. The average Bonchev–Trinajstić information content (AvgIpc) is 2.53. The molecule has 64 valence electrons. The number of hydrogen-bond acceptors (Lipinski definition) is 4.